The van der Waals surface area contributed by atoms with Crippen LogP contribution in [-0.4, -0.2) is 35.0 Å². The molecule has 0 aromatic heterocycles. The summed E-state index contributed by atoms with van der Waals surface area (Å²) in [6, 6.07) is 13.4. The molecule has 38 heavy (non-hydrogen) atoms. The van der Waals surface area contributed by atoms with Crippen LogP contribution in [0.5, 0.6) is 0 Å². The van der Waals surface area contributed by atoms with Crippen molar-refractivity contribution in [1.82, 2.24) is 18.5 Å². The number of aryl methyl sites for hydroxylation is 6. The SMILES string of the molecule is CC(C)(C)C(O)O.Cc1cc(C)c(-n2cc3ccc4cn(-c5c(C)cc(C)cc5C)[cH-]n-4n-3[cH-]2)c(C)c1.[Ir]. The van der Waals surface area contributed by atoms with Gasteiger partial charge in [-0.15, -0.1) is 0 Å². The first kappa shape index (κ1) is 29.7. The Morgan fingerprint density at radius 2 is 0.921 bits per heavy atom. The molecule has 5 rings (SSSR count). The van der Waals surface area contributed by atoms with Gasteiger partial charge >= 0.3 is 0 Å². The van der Waals surface area contributed by atoms with Gasteiger partial charge in [0.15, 0.2) is 6.29 Å². The van der Waals surface area contributed by atoms with Gasteiger partial charge in [-0.05, 0) is 64.3 Å². The topological polar surface area (TPSA) is 60.2 Å². The summed E-state index contributed by atoms with van der Waals surface area (Å²) in [5.74, 6) is 0. The molecule has 2 aromatic carbocycles. The van der Waals surface area contributed by atoms with Gasteiger partial charge in [0.2, 0.25) is 0 Å². The Hall–Kier alpha value is -2.83. The van der Waals surface area contributed by atoms with E-state index in [0.717, 1.165) is 11.4 Å². The van der Waals surface area contributed by atoms with Gasteiger partial charge in [0.1, 0.15) is 0 Å². The van der Waals surface area contributed by atoms with E-state index < -0.39 is 6.29 Å². The average molecular weight is 693 g/mol. The normalized spacial score (nSPS) is 11.6. The van der Waals surface area contributed by atoms with Crippen LogP contribution in [0.4, 0.5) is 0 Å². The molecule has 3 aliphatic heterocycles. The van der Waals surface area contributed by atoms with Crippen LogP contribution in [0.2, 0.25) is 0 Å². The van der Waals surface area contributed by atoms with E-state index in [1.165, 1.54) is 44.8 Å². The Morgan fingerprint density at radius 1 is 0.632 bits per heavy atom. The maximum absolute atomic E-state index is 8.44. The molecule has 0 spiro atoms. The zero-order valence-electron chi connectivity index (χ0n) is 23.9. The van der Waals surface area contributed by atoms with Crippen LogP contribution in [-0.2, 0) is 20.1 Å². The molecule has 0 bridgehead atoms. The van der Waals surface area contributed by atoms with Gasteiger partial charge in [0.05, 0.1) is 0 Å². The minimum atomic E-state index is -1.20. The van der Waals surface area contributed by atoms with E-state index in [2.05, 4.69) is 121 Å². The van der Waals surface area contributed by atoms with Crippen molar-refractivity contribution >= 4 is 0 Å². The van der Waals surface area contributed by atoms with Crippen molar-refractivity contribution in [2.75, 3.05) is 0 Å². The van der Waals surface area contributed by atoms with Crippen molar-refractivity contribution in [3.63, 3.8) is 0 Å². The van der Waals surface area contributed by atoms with Gasteiger partial charge in [-0.1, -0.05) is 103 Å². The second-order valence-corrected chi connectivity index (χ2v) is 11.4. The third kappa shape index (κ3) is 5.92. The van der Waals surface area contributed by atoms with Crippen LogP contribution >= 0.6 is 0 Å². The first-order valence-electron chi connectivity index (χ1n) is 12.7. The van der Waals surface area contributed by atoms with Gasteiger partial charge in [0, 0.05) is 38.2 Å². The Morgan fingerprint density at radius 3 is 1.18 bits per heavy atom. The molecule has 3 heterocycles. The summed E-state index contributed by atoms with van der Waals surface area (Å²) in [5.41, 5.74) is 12.2. The number of fused-ring (bicyclic) bond motifs is 3. The van der Waals surface area contributed by atoms with Crippen LogP contribution in [0.1, 0.15) is 54.2 Å². The second kappa shape index (κ2) is 11.1. The largest absolute Gasteiger partial charge is 0.433 e. The van der Waals surface area contributed by atoms with Gasteiger partial charge in [-0.3, -0.25) is 0 Å². The first-order chi connectivity index (χ1) is 17.3. The smallest absolute Gasteiger partial charge is 0.156 e. The number of hydrogen-bond donors (Lipinski definition) is 2. The van der Waals surface area contributed by atoms with E-state index in [9.17, 15) is 0 Å². The molecule has 3 aliphatic rings. The molecular weight excluding hydrogens is 653 g/mol. The van der Waals surface area contributed by atoms with E-state index in [-0.39, 0.29) is 25.5 Å². The molecule has 0 fully saturated rings. The number of hydrogen-bond acceptors (Lipinski definition) is 2. The fourth-order valence-corrected chi connectivity index (χ4v) is 5.01. The van der Waals surface area contributed by atoms with Gasteiger partial charge < -0.3 is 28.7 Å². The molecule has 0 saturated carbocycles. The summed E-state index contributed by atoms with van der Waals surface area (Å²) in [5, 5.41) is 16.9. The fraction of sp³-hybridized carbons (Fsp3) is 0.355. The molecule has 2 N–H and O–H groups in total. The maximum atomic E-state index is 8.44. The zero-order valence-corrected chi connectivity index (χ0v) is 26.3. The molecule has 0 atom stereocenters. The Bertz CT molecular complexity index is 1360. The molecule has 207 valence electrons. The van der Waals surface area contributed by atoms with Crippen molar-refractivity contribution in [2.45, 2.75) is 68.6 Å². The number of aromatic nitrogens is 4. The summed E-state index contributed by atoms with van der Waals surface area (Å²) in [6.45, 7) is 18.3. The van der Waals surface area contributed by atoms with E-state index in [1.54, 1.807) is 20.8 Å². The second-order valence-electron chi connectivity index (χ2n) is 11.4. The molecule has 0 aliphatic carbocycles. The average Bonchev–Trinajstić information content (AvgIpc) is 3.35. The maximum Gasteiger partial charge on any atom is 0.156 e. The van der Waals surface area contributed by atoms with Crippen LogP contribution in [0, 0.1) is 47.0 Å². The van der Waals surface area contributed by atoms with E-state index in [4.69, 9.17) is 10.2 Å². The zero-order chi connectivity index (χ0) is 27.2. The van der Waals surface area contributed by atoms with E-state index in [0.29, 0.717) is 0 Å². The Kier molecular flexibility index (Phi) is 8.69. The number of aliphatic hydroxyl groups excluding tert-OH is 1. The van der Waals surface area contributed by atoms with Crippen molar-refractivity contribution in [2.24, 2.45) is 5.41 Å². The number of aliphatic hydroxyl groups is 2. The molecule has 7 heteroatoms. The number of benzene rings is 2. The standard InChI is InChI=1S/C26H28N4.C5H12O2.Ir/c1-17-9-19(3)25(20(4)10-17)27-13-23-7-8-24-14-28(16-30(24)29(23)15-27)26-21(5)11-18(2)12-22(26)6;1-5(2,3)4(6)7;/h7-16H,1-6H3;4,6-7H,1-3H3;/q-2;;. The monoisotopic (exact) mass is 693 g/mol. The molecule has 0 saturated heterocycles. The third-order valence-corrected chi connectivity index (χ3v) is 6.76. The van der Waals surface area contributed by atoms with Crippen LogP contribution in [0.3, 0.4) is 0 Å². The predicted octanol–water partition coefficient (Wildman–Crippen LogP) is 6.48. The van der Waals surface area contributed by atoms with Crippen molar-refractivity contribution < 1.29 is 30.3 Å². The number of imidazole rings is 2. The fourth-order valence-electron chi connectivity index (χ4n) is 5.01. The van der Waals surface area contributed by atoms with Crippen LogP contribution < -0.4 is 0 Å². The van der Waals surface area contributed by atoms with Crippen LogP contribution in [0.25, 0.3) is 22.7 Å². The molecule has 6 nitrogen and oxygen atoms in total. The minimum Gasteiger partial charge on any atom is -0.433 e. The quantitative estimate of drug-likeness (QED) is 0.165. The minimum absolute atomic E-state index is 0. The van der Waals surface area contributed by atoms with Crippen LogP contribution in [0.15, 0.2) is 61.4 Å². The Labute approximate surface area is 239 Å². The summed E-state index contributed by atoms with van der Waals surface area (Å²) in [6.07, 6.45) is 7.55. The first-order valence-corrected chi connectivity index (χ1v) is 12.7. The summed E-state index contributed by atoms with van der Waals surface area (Å²) >= 11 is 0. The number of rotatable bonds is 2. The molecular formula is C31H40IrN4O2-2. The molecule has 1 radical (unpaired) electrons. The number of nitrogens with zero attached hydrogens (tertiary/aromatic N) is 4. The van der Waals surface area contributed by atoms with Gasteiger partial charge in [-0.25, -0.2) is 0 Å². The van der Waals surface area contributed by atoms with E-state index in [1.807, 2.05) is 0 Å². The van der Waals surface area contributed by atoms with Crippen molar-refractivity contribution in [1.29, 1.82) is 0 Å². The molecule has 0 unspecified atom stereocenters. The predicted molar refractivity (Wildman–Crippen MR) is 151 cm³/mol. The van der Waals surface area contributed by atoms with Gasteiger partial charge in [0.25, 0.3) is 0 Å². The summed E-state index contributed by atoms with van der Waals surface area (Å²) in [7, 11) is 0. The summed E-state index contributed by atoms with van der Waals surface area (Å²) in [4.78, 5) is 0. The Balaban J connectivity index is 0.000000444. The molecule has 2 aromatic rings. The van der Waals surface area contributed by atoms with Crippen molar-refractivity contribution in [3.8, 4) is 22.7 Å². The summed E-state index contributed by atoms with van der Waals surface area (Å²) < 4.78 is 8.91. The third-order valence-electron chi connectivity index (χ3n) is 6.76. The van der Waals surface area contributed by atoms with Crippen molar-refractivity contribution in [3.05, 3.63) is 94.8 Å². The molecule has 0 amide bonds. The van der Waals surface area contributed by atoms with E-state index >= 15 is 0 Å². The van der Waals surface area contributed by atoms with Gasteiger partial charge in [-0.2, -0.15) is 0 Å².